The first-order chi connectivity index (χ1) is 9.09. The number of ether oxygens (including phenoxy) is 1. The molecule has 0 spiro atoms. The lowest BCUT2D eigenvalue weighted by Gasteiger charge is -2.28. The molecule has 0 amide bonds. The molecule has 0 radical (unpaired) electrons. The molecule has 1 N–H and O–H groups in total. The smallest absolute Gasteiger partial charge is 0.338 e. The molecule has 5 nitrogen and oxygen atoms in total. The van der Waals surface area contributed by atoms with Crippen molar-refractivity contribution >= 4 is 11.8 Å². The van der Waals surface area contributed by atoms with E-state index in [-0.39, 0.29) is 11.4 Å². The van der Waals surface area contributed by atoms with Gasteiger partial charge in [-0.15, -0.1) is 0 Å². The van der Waals surface area contributed by atoms with Gasteiger partial charge in [-0.25, -0.2) is 14.2 Å². The summed E-state index contributed by atoms with van der Waals surface area (Å²) in [5.41, 5.74) is -0.350. The minimum Gasteiger partial charge on any atom is -0.478 e. The SMILES string of the molecule is CN(CC1CCCOC1)c1nccc(C(=O)O)c1F. The molecule has 0 saturated carbocycles. The van der Waals surface area contributed by atoms with Crippen molar-refractivity contribution in [2.75, 3.05) is 31.7 Å². The number of carboxylic acids is 1. The molecular weight excluding hydrogens is 251 g/mol. The average molecular weight is 268 g/mol. The van der Waals surface area contributed by atoms with Crippen LogP contribution in [0.5, 0.6) is 0 Å². The van der Waals surface area contributed by atoms with Gasteiger partial charge in [0.25, 0.3) is 0 Å². The number of halogens is 1. The summed E-state index contributed by atoms with van der Waals surface area (Å²) in [4.78, 5) is 16.5. The van der Waals surface area contributed by atoms with E-state index in [0.29, 0.717) is 19.1 Å². The van der Waals surface area contributed by atoms with E-state index in [1.807, 2.05) is 0 Å². The van der Waals surface area contributed by atoms with Crippen LogP contribution in [0.15, 0.2) is 12.3 Å². The Kier molecular flexibility index (Phi) is 4.31. The molecule has 0 aliphatic carbocycles. The molecular formula is C13H17FN2O3. The number of nitrogens with zero attached hydrogens (tertiary/aromatic N) is 2. The summed E-state index contributed by atoms with van der Waals surface area (Å²) in [6.45, 7) is 2.04. The Balaban J connectivity index is 2.12. The molecule has 19 heavy (non-hydrogen) atoms. The van der Waals surface area contributed by atoms with Crippen LogP contribution in [0.1, 0.15) is 23.2 Å². The summed E-state index contributed by atoms with van der Waals surface area (Å²) in [5, 5.41) is 8.89. The normalized spacial score (nSPS) is 19.2. The fourth-order valence-corrected chi connectivity index (χ4v) is 2.29. The molecule has 1 atom stereocenters. The van der Waals surface area contributed by atoms with Crippen LogP contribution < -0.4 is 4.90 Å². The lowest BCUT2D eigenvalue weighted by molar-refractivity contribution is 0.0575. The molecule has 1 unspecified atom stereocenters. The highest BCUT2D eigenvalue weighted by Crippen LogP contribution is 2.21. The van der Waals surface area contributed by atoms with Gasteiger partial charge in [-0.3, -0.25) is 0 Å². The van der Waals surface area contributed by atoms with Crippen molar-refractivity contribution in [3.63, 3.8) is 0 Å². The van der Waals surface area contributed by atoms with Crippen LogP contribution in [-0.2, 0) is 4.74 Å². The Morgan fingerprint density at radius 2 is 2.47 bits per heavy atom. The van der Waals surface area contributed by atoms with Gasteiger partial charge in [0, 0.05) is 26.4 Å². The lowest BCUT2D eigenvalue weighted by atomic mass is 10.0. The molecule has 1 fully saturated rings. The van der Waals surface area contributed by atoms with Crippen molar-refractivity contribution in [3.05, 3.63) is 23.6 Å². The van der Waals surface area contributed by atoms with E-state index in [2.05, 4.69) is 4.98 Å². The fraction of sp³-hybridized carbons (Fsp3) is 0.538. The van der Waals surface area contributed by atoms with E-state index in [1.165, 1.54) is 12.3 Å². The Bertz CT molecular complexity index is 461. The number of carbonyl (C=O) groups is 1. The van der Waals surface area contributed by atoms with Crippen molar-refractivity contribution < 1.29 is 19.0 Å². The highest BCUT2D eigenvalue weighted by Gasteiger charge is 2.21. The maximum Gasteiger partial charge on any atom is 0.338 e. The topological polar surface area (TPSA) is 62.7 Å². The zero-order valence-electron chi connectivity index (χ0n) is 10.8. The van der Waals surface area contributed by atoms with Crippen LogP contribution >= 0.6 is 0 Å². The average Bonchev–Trinajstić information content (AvgIpc) is 2.39. The van der Waals surface area contributed by atoms with Gasteiger partial charge in [0.05, 0.1) is 6.61 Å². The maximum atomic E-state index is 14.0. The van der Waals surface area contributed by atoms with Crippen LogP contribution in [0.25, 0.3) is 0 Å². The van der Waals surface area contributed by atoms with Gasteiger partial charge >= 0.3 is 5.97 Å². The van der Waals surface area contributed by atoms with E-state index in [1.54, 1.807) is 11.9 Å². The Labute approximate surface area is 111 Å². The summed E-state index contributed by atoms with van der Waals surface area (Å²) in [5.74, 6) is -1.66. The second kappa shape index (κ2) is 5.97. The van der Waals surface area contributed by atoms with Crippen molar-refractivity contribution in [3.8, 4) is 0 Å². The second-order valence-corrected chi connectivity index (χ2v) is 4.76. The number of aromatic carboxylic acids is 1. The molecule has 2 heterocycles. The fourth-order valence-electron chi connectivity index (χ4n) is 2.29. The zero-order valence-corrected chi connectivity index (χ0v) is 10.8. The van der Waals surface area contributed by atoms with Gasteiger partial charge in [0.15, 0.2) is 11.6 Å². The maximum absolute atomic E-state index is 14.0. The van der Waals surface area contributed by atoms with Gasteiger partial charge in [-0.2, -0.15) is 0 Å². The van der Waals surface area contributed by atoms with E-state index < -0.39 is 11.8 Å². The second-order valence-electron chi connectivity index (χ2n) is 4.76. The third-order valence-electron chi connectivity index (χ3n) is 3.25. The number of anilines is 1. The predicted octanol–water partition coefficient (Wildman–Crippen LogP) is 1.78. The molecule has 0 aromatic carbocycles. The Morgan fingerprint density at radius 1 is 1.68 bits per heavy atom. The molecule has 0 bridgehead atoms. The predicted molar refractivity (Wildman–Crippen MR) is 68.0 cm³/mol. The lowest BCUT2D eigenvalue weighted by Crippen LogP contribution is -2.32. The van der Waals surface area contributed by atoms with E-state index in [0.717, 1.165) is 19.4 Å². The van der Waals surface area contributed by atoms with Crippen LogP contribution in [0.2, 0.25) is 0 Å². The van der Waals surface area contributed by atoms with Crippen LogP contribution in [0, 0.1) is 11.7 Å². The molecule has 1 aromatic rings. The van der Waals surface area contributed by atoms with Gasteiger partial charge < -0.3 is 14.7 Å². The molecule has 2 rings (SSSR count). The van der Waals surface area contributed by atoms with Gasteiger partial charge in [-0.05, 0) is 24.8 Å². The van der Waals surface area contributed by atoms with E-state index >= 15 is 0 Å². The molecule has 1 aromatic heterocycles. The van der Waals surface area contributed by atoms with E-state index in [4.69, 9.17) is 9.84 Å². The van der Waals surface area contributed by atoms with Gasteiger partial charge in [0.1, 0.15) is 5.56 Å². The summed E-state index contributed by atoms with van der Waals surface area (Å²) in [6.07, 6.45) is 3.35. The molecule has 1 aliphatic heterocycles. The summed E-state index contributed by atoms with van der Waals surface area (Å²) >= 11 is 0. The van der Waals surface area contributed by atoms with Crippen LogP contribution in [0.4, 0.5) is 10.2 Å². The minimum atomic E-state index is -1.28. The minimum absolute atomic E-state index is 0.0745. The van der Waals surface area contributed by atoms with Crippen LogP contribution in [0.3, 0.4) is 0 Å². The van der Waals surface area contributed by atoms with Crippen molar-refractivity contribution in [2.45, 2.75) is 12.8 Å². The zero-order chi connectivity index (χ0) is 13.8. The van der Waals surface area contributed by atoms with Crippen molar-refractivity contribution in [1.29, 1.82) is 0 Å². The Morgan fingerprint density at radius 3 is 3.11 bits per heavy atom. The van der Waals surface area contributed by atoms with Crippen molar-refractivity contribution in [2.24, 2.45) is 5.92 Å². The van der Waals surface area contributed by atoms with E-state index in [9.17, 15) is 9.18 Å². The number of pyridine rings is 1. The summed E-state index contributed by atoms with van der Waals surface area (Å²) in [6, 6.07) is 1.17. The first-order valence-electron chi connectivity index (χ1n) is 6.26. The first-order valence-corrected chi connectivity index (χ1v) is 6.26. The largest absolute Gasteiger partial charge is 0.478 e. The third kappa shape index (κ3) is 3.20. The van der Waals surface area contributed by atoms with Gasteiger partial charge in [0.2, 0.25) is 0 Å². The Hall–Kier alpha value is -1.69. The summed E-state index contributed by atoms with van der Waals surface area (Å²) in [7, 11) is 1.71. The highest BCUT2D eigenvalue weighted by molar-refractivity contribution is 5.88. The first kappa shape index (κ1) is 13.7. The number of hydrogen-bond acceptors (Lipinski definition) is 4. The molecule has 104 valence electrons. The number of aromatic nitrogens is 1. The number of rotatable bonds is 4. The molecule has 6 heteroatoms. The monoisotopic (exact) mass is 268 g/mol. The highest BCUT2D eigenvalue weighted by atomic mass is 19.1. The standard InChI is InChI=1S/C13H17FN2O3/c1-16(7-9-3-2-6-19-8-9)12-11(14)10(13(17)18)4-5-15-12/h4-5,9H,2-3,6-8H2,1H3,(H,17,18). The quantitative estimate of drug-likeness (QED) is 0.902. The third-order valence-corrected chi connectivity index (χ3v) is 3.25. The summed E-state index contributed by atoms with van der Waals surface area (Å²) < 4.78 is 19.4. The number of hydrogen-bond donors (Lipinski definition) is 1. The van der Waals surface area contributed by atoms with Gasteiger partial charge in [-0.1, -0.05) is 0 Å². The molecule has 1 saturated heterocycles. The van der Waals surface area contributed by atoms with Crippen LogP contribution in [-0.4, -0.2) is 42.9 Å². The van der Waals surface area contributed by atoms with Crippen molar-refractivity contribution in [1.82, 2.24) is 4.98 Å². The molecule has 1 aliphatic rings. The number of carboxylic acid groups (broad SMARTS) is 1.